The molecule has 0 spiro atoms. The number of likely N-dealkylation sites (tertiary alicyclic amines) is 2. The van der Waals surface area contributed by atoms with E-state index in [1.807, 2.05) is 40.1 Å². The average Bonchev–Trinajstić information content (AvgIpc) is 3.23. The first-order chi connectivity index (χ1) is 18.5. The van der Waals surface area contributed by atoms with Crippen molar-refractivity contribution in [2.45, 2.75) is 65.0 Å². The molecule has 1 atom stereocenters. The maximum Gasteiger partial charge on any atom is 0.317 e. The van der Waals surface area contributed by atoms with Crippen molar-refractivity contribution in [3.05, 3.63) is 60.2 Å². The fourth-order valence-corrected chi connectivity index (χ4v) is 5.29. The highest BCUT2D eigenvalue weighted by molar-refractivity contribution is 5.81. The Labute approximate surface area is 227 Å². The minimum atomic E-state index is -0.195. The summed E-state index contributed by atoms with van der Waals surface area (Å²) in [4.78, 5) is 30.0. The molecule has 7 heteroatoms. The van der Waals surface area contributed by atoms with E-state index in [4.69, 9.17) is 4.74 Å². The maximum absolute atomic E-state index is 13.4. The maximum atomic E-state index is 13.4. The monoisotopic (exact) mass is 520 g/mol. The molecule has 3 amide bonds. The standard InChI is InChI=1S/C31H44N4O3/c1-24(2)29(22-32-31(37)35-18-8-3-4-9-19-35)30(36)34-20-16-27(17-21-34)33-26-12-14-28(15-13-26)38-23-25-10-6-5-7-11-25/h5-7,10-15,24,27,29,33H,3-4,8-9,16-23H2,1-2H3,(H,32,37)/t29-/m1/s1. The Bertz CT molecular complexity index is 996. The number of anilines is 1. The van der Waals surface area contributed by atoms with Crippen LogP contribution in [-0.4, -0.2) is 60.5 Å². The Morgan fingerprint density at radius 3 is 2.16 bits per heavy atom. The van der Waals surface area contributed by atoms with Crippen LogP contribution in [0.4, 0.5) is 10.5 Å². The number of hydrogen-bond acceptors (Lipinski definition) is 4. The Hall–Kier alpha value is -3.22. The molecule has 2 fully saturated rings. The van der Waals surface area contributed by atoms with Crippen LogP contribution in [0.5, 0.6) is 5.75 Å². The van der Waals surface area contributed by atoms with Crippen molar-refractivity contribution < 1.29 is 14.3 Å². The third-order valence-corrected chi connectivity index (χ3v) is 7.77. The quantitative estimate of drug-likeness (QED) is 0.456. The molecule has 206 valence electrons. The lowest BCUT2D eigenvalue weighted by Crippen LogP contribution is -2.49. The number of benzene rings is 2. The van der Waals surface area contributed by atoms with Gasteiger partial charge in [0.25, 0.3) is 0 Å². The topological polar surface area (TPSA) is 73.9 Å². The molecule has 38 heavy (non-hydrogen) atoms. The fraction of sp³-hybridized carbons (Fsp3) is 0.548. The van der Waals surface area contributed by atoms with Gasteiger partial charge in [-0.05, 0) is 61.4 Å². The first-order valence-corrected chi connectivity index (χ1v) is 14.3. The average molecular weight is 521 g/mol. The van der Waals surface area contributed by atoms with Gasteiger partial charge in [-0.1, -0.05) is 57.0 Å². The van der Waals surface area contributed by atoms with Gasteiger partial charge in [0.2, 0.25) is 5.91 Å². The second-order valence-corrected chi connectivity index (χ2v) is 11.0. The van der Waals surface area contributed by atoms with Crippen LogP contribution in [0.1, 0.15) is 57.9 Å². The summed E-state index contributed by atoms with van der Waals surface area (Å²) in [5.41, 5.74) is 2.22. The number of urea groups is 1. The molecule has 0 aromatic heterocycles. The van der Waals surface area contributed by atoms with Crippen LogP contribution in [0.2, 0.25) is 0 Å². The molecule has 0 unspecified atom stereocenters. The van der Waals surface area contributed by atoms with Gasteiger partial charge in [-0.3, -0.25) is 4.79 Å². The van der Waals surface area contributed by atoms with E-state index in [2.05, 4.69) is 48.7 Å². The summed E-state index contributed by atoms with van der Waals surface area (Å²) in [6.07, 6.45) is 6.32. The highest BCUT2D eigenvalue weighted by Gasteiger charge is 2.31. The van der Waals surface area contributed by atoms with Gasteiger partial charge in [-0.25, -0.2) is 4.79 Å². The Balaban J connectivity index is 1.20. The van der Waals surface area contributed by atoms with Crippen LogP contribution < -0.4 is 15.4 Å². The molecule has 0 bridgehead atoms. The molecule has 2 saturated heterocycles. The molecule has 2 aliphatic rings. The van der Waals surface area contributed by atoms with Gasteiger partial charge in [-0.2, -0.15) is 0 Å². The van der Waals surface area contributed by atoms with Crippen LogP contribution in [0.15, 0.2) is 54.6 Å². The van der Waals surface area contributed by atoms with Crippen molar-refractivity contribution in [3.8, 4) is 5.75 Å². The summed E-state index contributed by atoms with van der Waals surface area (Å²) in [7, 11) is 0. The highest BCUT2D eigenvalue weighted by atomic mass is 16.5. The van der Waals surface area contributed by atoms with Crippen LogP contribution in [0, 0.1) is 11.8 Å². The molecule has 0 radical (unpaired) electrons. The van der Waals surface area contributed by atoms with E-state index in [0.717, 1.165) is 68.9 Å². The molecule has 7 nitrogen and oxygen atoms in total. The molecule has 4 rings (SSSR count). The lowest BCUT2D eigenvalue weighted by atomic mass is 9.92. The number of piperidine rings is 1. The van der Waals surface area contributed by atoms with E-state index < -0.39 is 0 Å². The Kier molecular flexibility index (Phi) is 10.3. The third kappa shape index (κ3) is 8.14. The number of nitrogens with one attached hydrogen (secondary N) is 2. The molecular weight excluding hydrogens is 476 g/mol. The van der Waals surface area contributed by atoms with Crippen LogP contribution in [0.25, 0.3) is 0 Å². The zero-order chi connectivity index (χ0) is 26.7. The molecular formula is C31H44N4O3. The van der Waals surface area contributed by atoms with Crippen LogP contribution >= 0.6 is 0 Å². The van der Waals surface area contributed by atoms with Gasteiger partial charge in [0, 0.05) is 44.5 Å². The molecule has 2 aliphatic heterocycles. The molecule has 2 heterocycles. The predicted molar refractivity (Wildman–Crippen MR) is 152 cm³/mol. The number of carbonyl (C=O) groups is 2. The zero-order valence-corrected chi connectivity index (χ0v) is 23.0. The van der Waals surface area contributed by atoms with Gasteiger partial charge < -0.3 is 25.2 Å². The van der Waals surface area contributed by atoms with Crippen molar-refractivity contribution >= 4 is 17.6 Å². The molecule has 0 saturated carbocycles. The second-order valence-electron chi connectivity index (χ2n) is 11.0. The summed E-state index contributed by atoms with van der Waals surface area (Å²) in [5.74, 6) is 0.987. The lowest BCUT2D eigenvalue weighted by Gasteiger charge is -2.36. The number of hydrogen-bond donors (Lipinski definition) is 2. The molecule has 2 aromatic carbocycles. The van der Waals surface area contributed by atoms with E-state index in [0.29, 0.717) is 19.2 Å². The number of carbonyl (C=O) groups excluding carboxylic acids is 2. The summed E-state index contributed by atoms with van der Waals surface area (Å²) in [5, 5.41) is 6.68. The van der Waals surface area contributed by atoms with Crippen LogP contribution in [-0.2, 0) is 11.4 Å². The molecule has 0 aliphatic carbocycles. The van der Waals surface area contributed by atoms with Gasteiger partial charge in [-0.15, -0.1) is 0 Å². The third-order valence-electron chi connectivity index (χ3n) is 7.77. The van der Waals surface area contributed by atoms with Gasteiger partial charge >= 0.3 is 6.03 Å². The number of amides is 3. The Morgan fingerprint density at radius 2 is 1.53 bits per heavy atom. The number of rotatable bonds is 9. The minimum absolute atomic E-state index is 0.0234. The normalized spacial score (nSPS) is 17.6. The summed E-state index contributed by atoms with van der Waals surface area (Å²) in [6, 6.07) is 18.6. The molecule has 2 N–H and O–H groups in total. The Morgan fingerprint density at radius 1 is 0.868 bits per heavy atom. The van der Waals surface area contributed by atoms with E-state index in [9.17, 15) is 9.59 Å². The smallest absolute Gasteiger partial charge is 0.317 e. The van der Waals surface area contributed by atoms with Crippen molar-refractivity contribution in [1.82, 2.24) is 15.1 Å². The first-order valence-electron chi connectivity index (χ1n) is 14.3. The first kappa shape index (κ1) is 27.8. The number of ether oxygens (including phenoxy) is 1. The number of nitrogens with zero attached hydrogens (tertiary/aromatic N) is 2. The minimum Gasteiger partial charge on any atom is -0.489 e. The predicted octanol–water partition coefficient (Wildman–Crippen LogP) is 5.53. The van der Waals surface area contributed by atoms with Gasteiger partial charge in [0.1, 0.15) is 12.4 Å². The van der Waals surface area contributed by atoms with E-state index in [1.54, 1.807) is 0 Å². The second kappa shape index (κ2) is 14.1. The van der Waals surface area contributed by atoms with Gasteiger partial charge in [0.15, 0.2) is 0 Å². The van der Waals surface area contributed by atoms with E-state index >= 15 is 0 Å². The summed E-state index contributed by atoms with van der Waals surface area (Å²) < 4.78 is 5.89. The summed E-state index contributed by atoms with van der Waals surface area (Å²) in [6.45, 7) is 8.20. The van der Waals surface area contributed by atoms with Gasteiger partial charge in [0.05, 0.1) is 5.92 Å². The SMILES string of the molecule is CC(C)[C@@H](CNC(=O)N1CCCCCC1)C(=O)N1CCC(Nc2ccc(OCc3ccccc3)cc2)CC1. The fourth-order valence-electron chi connectivity index (χ4n) is 5.29. The molecule has 2 aromatic rings. The van der Waals surface area contributed by atoms with E-state index in [1.165, 1.54) is 12.8 Å². The van der Waals surface area contributed by atoms with Crippen LogP contribution in [0.3, 0.4) is 0 Å². The lowest BCUT2D eigenvalue weighted by molar-refractivity contribution is -0.137. The van der Waals surface area contributed by atoms with E-state index in [-0.39, 0.29) is 23.8 Å². The van der Waals surface area contributed by atoms with Crippen molar-refractivity contribution in [2.24, 2.45) is 11.8 Å². The largest absolute Gasteiger partial charge is 0.489 e. The zero-order valence-electron chi connectivity index (χ0n) is 23.0. The van der Waals surface area contributed by atoms with Crippen molar-refractivity contribution in [2.75, 3.05) is 38.0 Å². The van der Waals surface area contributed by atoms with Crippen molar-refractivity contribution in [1.29, 1.82) is 0 Å². The van der Waals surface area contributed by atoms with Crippen molar-refractivity contribution in [3.63, 3.8) is 0 Å². The highest BCUT2D eigenvalue weighted by Crippen LogP contribution is 2.23. The summed E-state index contributed by atoms with van der Waals surface area (Å²) >= 11 is 0.